The minimum Gasteiger partial charge on any atom is -0.342 e. The van der Waals surface area contributed by atoms with Crippen LogP contribution in [0.15, 0.2) is 24.4 Å². The summed E-state index contributed by atoms with van der Waals surface area (Å²) in [5.74, 6) is 0.610. The molecule has 1 aromatic heterocycles. The first kappa shape index (κ1) is 15.0. The van der Waals surface area contributed by atoms with Gasteiger partial charge in [-0.1, -0.05) is 13.0 Å². The zero-order valence-corrected chi connectivity index (χ0v) is 13.1. The Morgan fingerprint density at radius 3 is 2.95 bits per heavy atom. The fourth-order valence-corrected chi connectivity index (χ4v) is 3.43. The third-order valence-corrected chi connectivity index (χ3v) is 4.61. The Morgan fingerprint density at radius 1 is 1.36 bits per heavy atom. The highest BCUT2D eigenvalue weighted by Gasteiger charge is 2.37. The molecule has 0 N–H and O–H groups in total. The molecule has 2 saturated heterocycles. The molecule has 2 amide bonds. The molecule has 0 saturated carbocycles. The smallest absolute Gasteiger partial charge is 0.228 e. The molecule has 2 fully saturated rings. The Hall–Kier alpha value is -1.91. The van der Waals surface area contributed by atoms with E-state index < -0.39 is 0 Å². The second kappa shape index (κ2) is 6.46. The van der Waals surface area contributed by atoms with E-state index in [0.29, 0.717) is 25.4 Å². The van der Waals surface area contributed by atoms with Crippen molar-refractivity contribution in [2.45, 2.75) is 32.7 Å². The van der Waals surface area contributed by atoms with Crippen molar-refractivity contribution in [1.82, 2.24) is 14.8 Å². The van der Waals surface area contributed by atoms with Crippen molar-refractivity contribution in [2.75, 3.05) is 19.6 Å². The van der Waals surface area contributed by atoms with Crippen LogP contribution in [0.25, 0.3) is 0 Å². The van der Waals surface area contributed by atoms with Crippen LogP contribution in [-0.4, -0.2) is 46.2 Å². The van der Waals surface area contributed by atoms with Crippen molar-refractivity contribution < 1.29 is 9.59 Å². The molecule has 0 radical (unpaired) electrons. The van der Waals surface area contributed by atoms with Gasteiger partial charge in [-0.15, -0.1) is 0 Å². The highest BCUT2D eigenvalue weighted by atomic mass is 16.2. The monoisotopic (exact) mass is 301 g/mol. The summed E-state index contributed by atoms with van der Waals surface area (Å²) in [6.07, 6.45) is 4.34. The second-order valence-electron chi connectivity index (χ2n) is 6.53. The van der Waals surface area contributed by atoms with Gasteiger partial charge in [0.2, 0.25) is 11.8 Å². The van der Waals surface area contributed by atoms with Gasteiger partial charge in [0, 0.05) is 32.3 Å². The van der Waals surface area contributed by atoms with Crippen LogP contribution in [0.2, 0.25) is 0 Å². The predicted octanol–water partition coefficient (Wildman–Crippen LogP) is 1.69. The summed E-state index contributed by atoms with van der Waals surface area (Å²) in [6.45, 7) is 4.89. The van der Waals surface area contributed by atoms with Gasteiger partial charge in [-0.25, -0.2) is 0 Å². The fourth-order valence-electron chi connectivity index (χ4n) is 3.43. The molecule has 3 rings (SSSR count). The van der Waals surface area contributed by atoms with Gasteiger partial charge >= 0.3 is 0 Å². The first-order chi connectivity index (χ1) is 10.6. The number of carbonyl (C=O) groups is 2. The third-order valence-electron chi connectivity index (χ3n) is 4.61. The summed E-state index contributed by atoms with van der Waals surface area (Å²) < 4.78 is 0. The van der Waals surface area contributed by atoms with Crippen LogP contribution in [0.1, 0.15) is 31.9 Å². The maximum absolute atomic E-state index is 12.6. The standard InChI is InChI=1S/C17H23N3O2/c1-13-5-4-8-19(10-13)17(22)14-9-16(21)20(11-14)12-15-6-2-3-7-18-15/h2-3,6-7,13-14H,4-5,8-12H2,1H3. The van der Waals surface area contributed by atoms with Crippen LogP contribution in [0.4, 0.5) is 0 Å². The number of hydrogen-bond acceptors (Lipinski definition) is 3. The van der Waals surface area contributed by atoms with Crippen molar-refractivity contribution in [3.63, 3.8) is 0 Å². The lowest BCUT2D eigenvalue weighted by Gasteiger charge is -2.32. The molecule has 0 spiro atoms. The van der Waals surface area contributed by atoms with E-state index in [1.165, 1.54) is 6.42 Å². The lowest BCUT2D eigenvalue weighted by atomic mass is 9.98. The highest BCUT2D eigenvalue weighted by Crippen LogP contribution is 2.24. The number of piperidine rings is 1. The van der Waals surface area contributed by atoms with Crippen molar-refractivity contribution in [2.24, 2.45) is 11.8 Å². The molecule has 2 atom stereocenters. The highest BCUT2D eigenvalue weighted by molar-refractivity contribution is 5.89. The topological polar surface area (TPSA) is 53.5 Å². The molecule has 5 heteroatoms. The van der Waals surface area contributed by atoms with E-state index in [0.717, 1.165) is 25.2 Å². The minimum absolute atomic E-state index is 0.0639. The summed E-state index contributed by atoms with van der Waals surface area (Å²) in [5.41, 5.74) is 0.871. The Labute approximate surface area is 131 Å². The van der Waals surface area contributed by atoms with Gasteiger partial charge in [0.25, 0.3) is 0 Å². The van der Waals surface area contributed by atoms with Crippen LogP contribution in [-0.2, 0) is 16.1 Å². The molecule has 0 aliphatic carbocycles. The van der Waals surface area contributed by atoms with Gasteiger partial charge in [0.15, 0.2) is 0 Å². The van der Waals surface area contributed by atoms with Crippen LogP contribution < -0.4 is 0 Å². The molecule has 1 aromatic rings. The van der Waals surface area contributed by atoms with Gasteiger partial charge in [-0.2, -0.15) is 0 Å². The molecule has 22 heavy (non-hydrogen) atoms. The van der Waals surface area contributed by atoms with E-state index in [1.807, 2.05) is 23.1 Å². The average Bonchev–Trinajstić information content (AvgIpc) is 2.88. The maximum atomic E-state index is 12.6. The Morgan fingerprint density at radius 2 is 2.23 bits per heavy atom. The molecule has 2 unspecified atom stereocenters. The minimum atomic E-state index is -0.179. The van der Waals surface area contributed by atoms with Crippen LogP contribution >= 0.6 is 0 Å². The first-order valence-corrected chi connectivity index (χ1v) is 8.10. The molecule has 2 aliphatic heterocycles. The molecular formula is C17H23N3O2. The Bertz CT molecular complexity index is 546. The Balaban J connectivity index is 1.60. The van der Waals surface area contributed by atoms with E-state index in [-0.39, 0.29) is 17.7 Å². The SMILES string of the molecule is CC1CCCN(C(=O)C2CC(=O)N(Cc3ccccn3)C2)C1. The number of pyridine rings is 1. The molecule has 2 aliphatic rings. The average molecular weight is 301 g/mol. The predicted molar refractivity (Wildman–Crippen MR) is 82.7 cm³/mol. The second-order valence-corrected chi connectivity index (χ2v) is 6.53. The summed E-state index contributed by atoms with van der Waals surface area (Å²) in [7, 11) is 0. The quantitative estimate of drug-likeness (QED) is 0.853. The van der Waals surface area contributed by atoms with Crippen LogP contribution in [0, 0.1) is 11.8 Å². The lowest BCUT2D eigenvalue weighted by Crippen LogP contribution is -2.43. The number of rotatable bonds is 3. The van der Waals surface area contributed by atoms with Crippen molar-refractivity contribution >= 4 is 11.8 Å². The summed E-state index contributed by atoms with van der Waals surface area (Å²) >= 11 is 0. The molecule has 0 aromatic carbocycles. The van der Waals surface area contributed by atoms with E-state index in [9.17, 15) is 9.59 Å². The van der Waals surface area contributed by atoms with Crippen LogP contribution in [0.5, 0.6) is 0 Å². The molecular weight excluding hydrogens is 278 g/mol. The van der Waals surface area contributed by atoms with Gasteiger partial charge in [-0.3, -0.25) is 14.6 Å². The van der Waals surface area contributed by atoms with E-state index in [1.54, 1.807) is 11.1 Å². The zero-order valence-electron chi connectivity index (χ0n) is 13.1. The lowest BCUT2D eigenvalue weighted by molar-refractivity contribution is -0.137. The van der Waals surface area contributed by atoms with Gasteiger partial charge in [0.1, 0.15) is 0 Å². The summed E-state index contributed by atoms with van der Waals surface area (Å²) in [4.78, 5) is 32.8. The van der Waals surface area contributed by atoms with E-state index in [4.69, 9.17) is 0 Å². The number of hydrogen-bond donors (Lipinski definition) is 0. The summed E-state index contributed by atoms with van der Waals surface area (Å²) in [5, 5.41) is 0. The third kappa shape index (κ3) is 3.29. The zero-order chi connectivity index (χ0) is 15.5. The van der Waals surface area contributed by atoms with Crippen molar-refractivity contribution in [1.29, 1.82) is 0 Å². The maximum Gasteiger partial charge on any atom is 0.228 e. The number of aromatic nitrogens is 1. The fraction of sp³-hybridized carbons (Fsp3) is 0.588. The van der Waals surface area contributed by atoms with Gasteiger partial charge in [0.05, 0.1) is 18.2 Å². The van der Waals surface area contributed by atoms with Crippen LogP contribution in [0.3, 0.4) is 0 Å². The number of nitrogens with zero attached hydrogens (tertiary/aromatic N) is 3. The molecule has 118 valence electrons. The van der Waals surface area contributed by atoms with Gasteiger partial charge in [-0.05, 0) is 30.9 Å². The molecule has 5 nitrogen and oxygen atoms in total. The van der Waals surface area contributed by atoms with E-state index in [2.05, 4.69) is 11.9 Å². The number of likely N-dealkylation sites (tertiary alicyclic amines) is 2. The Kier molecular flexibility index (Phi) is 4.41. The number of amides is 2. The normalized spacial score (nSPS) is 25.6. The molecule has 3 heterocycles. The van der Waals surface area contributed by atoms with Crippen molar-refractivity contribution in [3.05, 3.63) is 30.1 Å². The van der Waals surface area contributed by atoms with E-state index >= 15 is 0 Å². The van der Waals surface area contributed by atoms with Gasteiger partial charge < -0.3 is 9.80 Å². The first-order valence-electron chi connectivity index (χ1n) is 8.10. The molecule has 0 bridgehead atoms. The van der Waals surface area contributed by atoms with Crippen molar-refractivity contribution in [3.8, 4) is 0 Å². The summed E-state index contributed by atoms with van der Waals surface area (Å²) in [6, 6.07) is 5.69. The number of carbonyl (C=O) groups excluding carboxylic acids is 2. The largest absolute Gasteiger partial charge is 0.342 e.